The molecule has 27 heavy (non-hydrogen) atoms. The van der Waals surface area contributed by atoms with Gasteiger partial charge in [-0.25, -0.2) is 0 Å². The van der Waals surface area contributed by atoms with E-state index in [4.69, 9.17) is 9.26 Å². The molecule has 0 saturated carbocycles. The number of ether oxygens (including phenoxy) is 1. The van der Waals surface area contributed by atoms with Crippen LogP contribution in [0.1, 0.15) is 35.1 Å². The van der Waals surface area contributed by atoms with E-state index in [1.165, 1.54) is 0 Å². The summed E-state index contributed by atoms with van der Waals surface area (Å²) in [6.45, 7) is 1.33. The Hall–Kier alpha value is -3.16. The van der Waals surface area contributed by atoms with Crippen molar-refractivity contribution < 1.29 is 14.1 Å². The largest absolute Gasteiger partial charge is 0.497 e. The lowest BCUT2D eigenvalue weighted by atomic mass is 9.96. The molecular weight excluding hydrogens is 346 g/mol. The van der Waals surface area contributed by atoms with Crippen molar-refractivity contribution in [2.75, 3.05) is 20.2 Å². The van der Waals surface area contributed by atoms with Crippen LogP contribution in [0.3, 0.4) is 0 Å². The van der Waals surface area contributed by atoms with Gasteiger partial charge in [0, 0.05) is 37.8 Å². The third-order valence-electron chi connectivity index (χ3n) is 4.95. The van der Waals surface area contributed by atoms with Gasteiger partial charge in [0.1, 0.15) is 11.4 Å². The zero-order valence-electron chi connectivity index (χ0n) is 15.3. The Morgan fingerprint density at radius 3 is 2.78 bits per heavy atom. The lowest BCUT2D eigenvalue weighted by molar-refractivity contribution is 0.0699. The Balaban J connectivity index is 1.42. The van der Waals surface area contributed by atoms with Gasteiger partial charge in [-0.05, 0) is 37.1 Å². The van der Waals surface area contributed by atoms with Gasteiger partial charge in [0.25, 0.3) is 11.8 Å². The molecule has 1 aliphatic heterocycles. The summed E-state index contributed by atoms with van der Waals surface area (Å²) in [5.41, 5.74) is 1.44. The van der Waals surface area contributed by atoms with Gasteiger partial charge < -0.3 is 14.2 Å². The number of carbonyl (C=O) groups is 1. The second-order valence-electron chi connectivity index (χ2n) is 6.60. The molecule has 3 aromatic rings. The number of aromatic nitrogens is 4. The molecule has 0 atom stereocenters. The molecule has 8 nitrogen and oxygen atoms in total. The quantitative estimate of drug-likeness (QED) is 0.704. The summed E-state index contributed by atoms with van der Waals surface area (Å²) < 4.78 is 12.3. The Bertz CT molecular complexity index is 940. The van der Waals surface area contributed by atoms with Crippen LogP contribution in [0, 0.1) is 0 Å². The molecule has 0 spiro atoms. The third-order valence-corrected chi connectivity index (χ3v) is 4.95. The zero-order chi connectivity index (χ0) is 18.8. The lowest BCUT2D eigenvalue weighted by Gasteiger charge is -2.30. The van der Waals surface area contributed by atoms with Crippen molar-refractivity contribution in [1.29, 1.82) is 0 Å². The van der Waals surface area contributed by atoms with Crippen LogP contribution in [0.15, 0.2) is 41.1 Å². The minimum atomic E-state index is 0.0126. The molecule has 0 N–H and O–H groups in total. The first kappa shape index (κ1) is 17.3. The van der Waals surface area contributed by atoms with Crippen LogP contribution in [0.4, 0.5) is 0 Å². The van der Waals surface area contributed by atoms with Gasteiger partial charge in [0.15, 0.2) is 5.82 Å². The van der Waals surface area contributed by atoms with E-state index >= 15 is 0 Å². The monoisotopic (exact) mass is 367 g/mol. The summed E-state index contributed by atoms with van der Waals surface area (Å²) in [6, 6.07) is 9.28. The van der Waals surface area contributed by atoms with Gasteiger partial charge in [-0.3, -0.25) is 9.48 Å². The van der Waals surface area contributed by atoms with Crippen molar-refractivity contribution in [3.8, 4) is 17.2 Å². The van der Waals surface area contributed by atoms with Gasteiger partial charge in [-0.2, -0.15) is 10.1 Å². The molecule has 1 aliphatic rings. The van der Waals surface area contributed by atoms with Gasteiger partial charge >= 0.3 is 0 Å². The number of rotatable bonds is 4. The number of carbonyl (C=O) groups excluding carboxylic acids is 1. The van der Waals surface area contributed by atoms with E-state index in [-0.39, 0.29) is 11.8 Å². The molecule has 1 fully saturated rings. The van der Waals surface area contributed by atoms with Gasteiger partial charge in [-0.1, -0.05) is 11.2 Å². The third kappa shape index (κ3) is 3.42. The van der Waals surface area contributed by atoms with Crippen LogP contribution in [0.2, 0.25) is 0 Å². The Labute approximate surface area is 156 Å². The number of methoxy groups -OCH3 is 1. The smallest absolute Gasteiger partial charge is 0.272 e. The number of likely N-dealkylation sites (tertiary alicyclic amines) is 1. The van der Waals surface area contributed by atoms with E-state index < -0.39 is 0 Å². The maximum absolute atomic E-state index is 12.6. The lowest BCUT2D eigenvalue weighted by Crippen LogP contribution is -2.38. The summed E-state index contributed by atoms with van der Waals surface area (Å²) in [4.78, 5) is 19.0. The molecule has 0 unspecified atom stereocenters. The first-order chi connectivity index (χ1) is 13.2. The Morgan fingerprint density at radius 1 is 1.26 bits per heavy atom. The maximum Gasteiger partial charge on any atom is 0.272 e. The number of hydrogen-bond donors (Lipinski definition) is 0. The standard InChI is InChI=1S/C19H21N5O3/c1-23-16(6-9-20-23)19(25)24-10-7-13(8-11-24)17-21-18(27-22-17)14-4-3-5-15(12-14)26-2/h3-6,9,12-13H,7-8,10-11H2,1-2H3. The number of piperidine rings is 1. The summed E-state index contributed by atoms with van der Waals surface area (Å²) >= 11 is 0. The van der Waals surface area contributed by atoms with Crippen LogP contribution < -0.4 is 4.74 Å². The maximum atomic E-state index is 12.6. The highest BCUT2D eigenvalue weighted by Gasteiger charge is 2.28. The van der Waals surface area contributed by atoms with Crippen LogP contribution in [-0.2, 0) is 7.05 Å². The van der Waals surface area contributed by atoms with E-state index in [2.05, 4.69) is 15.2 Å². The van der Waals surface area contributed by atoms with Gasteiger partial charge in [0.2, 0.25) is 0 Å². The normalized spacial score (nSPS) is 15.1. The number of hydrogen-bond acceptors (Lipinski definition) is 6. The molecule has 0 aliphatic carbocycles. The molecule has 2 aromatic heterocycles. The molecule has 3 heterocycles. The van der Waals surface area contributed by atoms with E-state index in [1.54, 1.807) is 31.1 Å². The first-order valence-electron chi connectivity index (χ1n) is 8.91. The van der Waals surface area contributed by atoms with Crippen molar-refractivity contribution in [2.45, 2.75) is 18.8 Å². The van der Waals surface area contributed by atoms with Gasteiger partial charge in [-0.15, -0.1) is 0 Å². The summed E-state index contributed by atoms with van der Waals surface area (Å²) in [5.74, 6) is 2.12. The Kier molecular flexibility index (Phi) is 4.62. The number of nitrogens with zero attached hydrogens (tertiary/aromatic N) is 5. The molecule has 0 bridgehead atoms. The molecule has 140 valence electrons. The highest BCUT2D eigenvalue weighted by Crippen LogP contribution is 2.29. The number of aryl methyl sites for hydroxylation is 1. The van der Waals surface area contributed by atoms with E-state index in [1.807, 2.05) is 29.2 Å². The summed E-state index contributed by atoms with van der Waals surface area (Å²) in [5, 5.41) is 8.23. The molecule has 1 amide bonds. The van der Waals surface area contributed by atoms with Crippen LogP contribution in [0.5, 0.6) is 5.75 Å². The topological polar surface area (TPSA) is 86.3 Å². The van der Waals surface area contributed by atoms with E-state index in [0.29, 0.717) is 30.5 Å². The molecule has 4 rings (SSSR count). The molecule has 1 saturated heterocycles. The van der Waals surface area contributed by atoms with Crippen LogP contribution >= 0.6 is 0 Å². The number of amides is 1. The second kappa shape index (κ2) is 7.22. The SMILES string of the molecule is COc1cccc(-c2nc(C3CCN(C(=O)c4ccnn4C)CC3)no2)c1. The van der Waals surface area contributed by atoms with Crippen molar-refractivity contribution in [3.05, 3.63) is 48.0 Å². The van der Waals surface area contributed by atoms with E-state index in [9.17, 15) is 4.79 Å². The highest BCUT2D eigenvalue weighted by atomic mass is 16.5. The fourth-order valence-electron chi connectivity index (χ4n) is 3.36. The number of benzene rings is 1. The summed E-state index contributed by atoms with van der Waals surface area (Å²) in [6.07, 6.45) is 3.25. The minimum Gasteiger partial charge on any atom is -0.497 e. The van der Waals surface area contributed by atoms with Crippen molar-refractivity contribution >= 4 is 5.91 Å². The minimum absolute atomic E-state index is 0.0126. The molecule has 8 heteroatoms. The molecular formula is C19H21N5O3. The predicted molar refractivity (Wildman–Crippen MR) is 97.4 cm³/mol. The molecule has 0 radical (unpaired) electrons. The van der Waals surface area contributed by atoms with E-state index in [0.717, 1.165) is 24.2 Å². The zero-order valence-corrected chi connectivity index (χ0v) is 15.3. The molecule has 1 aromatic carbocycles. The summed E-state index contributed by atoms with van der Waals surface area (Å²) in [7, 11) is 3.40. The highest BCUT2D eigenvalue weighted by molar-refractivity contribution is 5.92. The fraction of sp³-hybridized carbons (Fsp3) is 0.368. The second-order valence-corrected chi connectivity index (χ2v) is 6.60. The van der Waals surface area contributed by atoms with Crippen molar-refractivity contribution in [1.82, 2.24) is 24.8 Å². The first-order valence-corrected chi connectivity index (χ1v) is 8.91. The predicted octanol–water partition coefficient (Wildman–Crippen LogP) is 2.50. The van der Waals surface area contributed by atoms with Crippen LogP contribution in [0.25, 0.3) is 11.5 Å². The van der Waals surface area contributed by atoms with Gasteiger partial charge in [0.05, 0.1) is 7.11 Å². The van der Waals surface area contributed by atoms with Crippen molar-refractivity contribution in [2.24, 2.45) is 7.05 Å². The Morgan fingerprint density at radius 2 is 2.07 bits per heavy atom. The average molecular weight is 367 g/mol. The van der Waals surface area contributed by atoms with Crippen molar-refractivity contribution in [3.63, 3.8) is 0 Å². The average Bonchev–Trinajstić information content (AvgIpc) is 3.37. The fourth-order valence-corrected chi connectivity index (χ4v) is 3.36. The van der Waals surface area contributed by atoms with Crippen LogP contribution in [-0.4, -0.2) is 50.9 Å².